The molecule has 2 nitrogen and oxygen atoms in total. The minimum atomic E-state index is -0.216. The number of nitrogens with one attached hydrogen (secondary N) is 1. The molecule has 2 rings (SSSR count). The molecule has 76 valence electrons. The summed E-state index contributed by atoms with van der Waals surface area (Å²) in [6, 6.07) is 8.23. The topological polar surface area (TPSA) is 23.2 Å². The first-order valence-corrected chi connectivity index (χ1v) is 4.49. The maximum atomic E-state index is 5.71. The van der Waals surface area contributed by atoms with E-state index in [-0.39, 0.29) is 18.0 Å². The fourth-order valence-corrected chi connectivity index (χ4v) is 1.77. The van der Waals surface area contributed by atoms with E-state index in [1.807, 2.05) is 19.1 Å². The number of rotatable bonds is 0. The number of halogens is 1. The summed E-state index contributed by atoms with van der Waals surface area (Å²) >= 11 is 0. The smallest absolute Gasteiger partial charge is 0.338 e. The Labute approximate surface area is 90.4 Å². The van der Waals surface area contributed by atoms with Gasteiger partial charge in [0.2, 0.25) is 5.69 Å². The highest BCUT2D eigenvalue weighted by atomic mass is 35.5. The van der Waals surface area contributed by atoms with Crippen LogP contribution in [0.5, 0.6) is 0 Å². The van der Waals surface area contributed by atoms with Crippen molar-refractivity contribution in [1.82, 2.24) is 0 Å². The van der Waals surface area contributed by atoms with E-state index in [1.165, 1.54) is 5.56 Å². The van der Waals surface area contributed by atoms with E-state index in [1.54, 1.807) is 0 Å². The molecule has 0 saturated carbocycles. The molecule has 0 aliphatic carbocycles. The van der Waals surface area contributed by atoms with Crippen LogP contribution >= 0.6 is 0 Å². The van der Waals surface area contributed by atoms with Crippen molar-refractivity contribution in [3.05, 3.63) is 29.8 Å². The van der Waals surface area contributed by atoms with Crippen molar-refractivity contribution in [2.24, 2.45) is 0 Å². The standard InChI is InChI=1S/C11H13NO.ClH/c1-8-12-10-7-5-4-6-9(10)11(2,3)13-8;/h4-7H,1-3H3;1H. The van der Waals surface area contributed by atoms with Gasteiger partial charge >= 0.3 is 5.90 Å². The average Bonchev–Trinajstić information content (AvgIpc) is 2.02. The summed E-state index contributed by atoms with van der Waals surface area (Å²) < 4.78 is 5.71. The third kappa shape index (κ3) is 1.75. The molecule has 0 saturated heterocycles. The molecule has 1 aliphatic rings. The van der Waals surface area contributed by atoms with Crippen LogP contribution in [0.1, 0.15) is 26.3 Å². The minimum absolute atomic E-state index is 0. The van der Waals surface area contributed by atoms with Gasteiger partial charge in [0, 0.05) is 6.07 Å². The van der Waals surface area contributed by atoms with Crippen molar-refractivity contribution in [1.29, 1.82) is 0 Å². The second-order valence-electron chi connectivity index (χ2n) is 3.84. The fourth-order valence-electron chi connectivity index (χ4n) is 1.77. The van der Waals surface area contributed by atoms with Crippen molar-refractivity contribution in [2.75, 3.05) is 0 Å². The van der Waals surface area contributed by atoms with Gasteiger partial charge in [0.25, 0.3) is 0 Å². The molecule has 0 atom stereocenters. The zero-order chi connectivity index (χ0) is 9.47. The Kier molecular flexibility index (Phi) is 2.86. The van der Waals surface area contributed by atoms with E-state index in [9.17, 15) is 0 Å². The second kappa shape index (κ2) is 3.62. The van der Waals surface area contributed by atoms with Gasteiger partial charge in [-0.15, -0.1) is 0 Å². The summed E-state index contributed by atoms with van der Waals surface area (Å²) in [6.07, 6.45) is 0. The second-order valence-corrected chi connectivity index (χ2v) is 3.84. The van der Waals surface area contributed by atoms with Crippen molar-refractivity contribution in [3.63, 3.8) is 0 Å². The van der Waals surface area contributed by atoms with Gasteiger partial charge in [0.05, 0.1) is 12.5 Å². The Balaban J connectivity index is 0.000000980. The average molecular weight is 212 g/mol. The fraction of sp³-hybridized carbons (Fsp3) is 0.364. The molecule has 1 aliphatic heterocycles. The molecule has 0 spiro atoms. The van der Waals surface area contributed by atoms with Gasteiger partial charge < -0.3 is 17.1 Å². The Bertz CT molecular complexity index is 371. The molecule has 3 heteroatoms. The molecule has 1 N–H and O–H groups in total. The Hall–Kier alpha value is -1.02. The SMILES string of the molecule is CC1=[NH+]c2ccccc2C(C)(C)O1.[Cl-]. The van der Waals surface area contributed by atoms with E-state index in [0.717, 1.165) is 11.6 Å². The first kappa shape index (κ1) is 11.1. The number of hydrogen-bond acceptors (Lipinski definition) is 1. The van der Waals surface area contributed by atoms with Crippen LogP contribution in [0.2, 0.25) is 0 Å². The van der Waals surface area contributed by atoms with Crippen LogP contribution in [0.4, 0.5) is 5.69 Å². The van der Waals surface area contributed by atoms with Gasteiger partial charge in [-0.3, -0.25) is 0 Å². The van der Waals surface area contributed by atoms with Crippen molar-refractivity contribution in [2.45, 2.75) is 26.4 Å². The van der Waals surface area contributed by atoms with Crippen LogP contribution in [-0.4, -0.2) is 5.90 Å². The molecule has 0 fully saturated rings. The van der Waals surface area contributed by atoms with Crippen LogP contribution in [0, 0.1) is 0 Å². The molecule has 0 unspecified atom stereocenters. The predicted molar refractivity (Wildman–Crippen MR) is 51.9 cm³/mol. The quantitative estimate of drug-likeness (QED) is 0.532. The molecule has 0 radical (unpaired) electrons. The molecular formula is C11H14ClNO. The number of ether oxygens (including phenoxy) is 1. The van der Waals surface area contributed by atoms with Gasteiger partial charge in [-0.2, -0.15) is 4.99 Å². The Morgan fingerprint density at radius 3 is 2.57 bits per heavy atom. The Morgan fingerprint density at radius 1 is 1.21 bits per heavy atom. The van der Waals surface area contributed by atoms with Crippen LogP contribution < -0.4 is 17.4 Å². The molecule has 0 amide bonds. The third-order valence-corrected chi connectivity index (χ3v) is 2.29. The zero-order valence-electron chi connectivity index (χ0n) is 8.60. The van der Waals surface area contributed by atoms with Crippen LogP contribution in [0.15, 0.2) is 24.3 Å². The lowest BCUT2D eigenvalue weighted by Gasteiger charge is -2.27. The van der Waals surface area contributed by atoms with Crippen LogP contribution in [-0.2, 0) is 10.3 Å². The number of para-hydroxylation sites is 1. The van der Waals surface area contributed by atoms with Crippen molar-refractivity contribution >= 4 is 11.6 Å². The lowest BCUT2D eigenvalue weighted by molar-refractivity contribution is -0.382. The monoisotopic (exact) mass is 211 g/mol. The largest absolute Gasteiger partial charge is 1.00 e. The van der Waals surface area contributed by atoms with Crippen molar-refractivity contribution in [3.8, 4) is 0 Å². The summed E-state index contributed by atoms with van der Waals surface area (Å²) in [5, 5.41) is 0. The molecule has 0 aromatic heterocycles. The third-order valence-electron chi connectivity index (χ3n) is 2.29. The number of hydrogen-bond donors (Lipinski definition) is 1. The van der Waals surface area contributed by atoms with E-state index in [2.05, 4.69) is 31.0 Å². The molecule has 1 aromatic carbocycles. The van der Waals surface area contributed by atoms with E-state index in [4.69, 9.17) is 4.74 Å². The lowest BCUT2D eigenvalue weighted by Crippen LogP contribution is -3.00. The molecule has 0 bridgehead atoms. The number of benzene rings is 1. The van der Waals surface area contributed by atoms with Gasteiger partial charge in [-0.25, -0.2) is 0 Å². The minimum Gasteiger partial charge on any atom is -1.00 e. The van der Waals surface area contributed by atoms with Gasteiger partial charge in [0.15, 0.2) is 0 Å². The summed E-state index contributed by atoms with van der Waals surface area (Å²) in [5.74, 6) is 0.865. The normalized spacial score (nSPS) is 17.2. The summed E-state index contributed by atoms with van der Waals surface area (Å²) in [7, 11) is 0. The highest BCUT2D eigenvalue weighted by Gasteiger charge is 2.33. The lowest BCUT2D eigenvalue weighted by atomic mass is 9.95. The first-order valence-electron chi connectivity index (χ1n) is 4.49. The van der Waals surface area contributed by atoms with Gasteiger partial charge in [-0.05, 0) is 19.9 Å². The summed E-state index contributed by atoms with van der Waals surface area (Å²) in [6.45, 7) is 6.10. The van der Waals surface area contributed by atoms with Crippen molar-refractivity contribution < 1.29 is 22.1 Å². The van der Waals surface area contributed by atoms with Crippen LogP contribution in [0.3, 0.4) is 0 Å². The van der Waals surface area contributed by atoms with E-state index < -0.39 is 0 Å². The van der Waals surface area contributed by atoms with E-state index in [0.29, 0.717) is 0 Å². The predicted octanol–water partition coefficient (Wildman–Crippen LogP) is -1.91. The highest BCUT2D eigenvalue weighted by Crippen LogP contribution is 2.30. The summed E-state index contributed by atoms with van der Waals surface area (Å²) in [4.78, 5) is 3.21. The molecule has 1 heterocycles. The van der Waals surface area contributed by atoms with Crippen LogP contribution in [0.25, 0.3) is 0 Å². The summed E-state index contributed by atoms with van der Waals surface area (Å²) in [5.41, 5.74) is 2.14. The molecule has 14 heavy (non-hydrogen) atoms. The van der Waals surface area contributed by atoms with Gasteiger partial charge in [0.1, 0.15) is 5.60 Å². The molecular weight excluding hydrogens is 198 g/mol. The maximum Gasteiger partial charge on any atom is 0.338 e. The highest BCUT2D eigenvalue weighted by molar-refractivity contribution is 5.70. The molecule has 1 aromatic rings. The number of fused-ring (bicyclic) bond motifs is 1. The van der Waals surface area contributed by atoms with E-state index >= 15 is 0 Å². The zero-order valence-corrected chi connectivity index (χ0v) is 9.35. The first-order chi connectivity index (χ1) is 6.09. The Morgan fingerprint density at radius 2 is 1.86 bits per heavy atom. The van der Waals surface area contributed by atoms with Gasteiger partial charge in [-0.1, -0.05) is 12.1 Å². The maximum absolute atomic E-state index is 5.71.